The molecule has 0 unspecified atom stereocenters. The quantitative estimate of drug-likeness (QED) is 0.455. The molecule has 0 aliphatic carbocycles. The summed E-state index contributed by atoms with van der Waals surface area (Å²) in [6.45, 7) is 6.22. The minimum Gasteiger partial charge on any atom is -0.493 e. The van der Waals surface area contributed by atoms with E-state index in [1.165, 1.54) is 12.1 Å². The molecule has 3 aromatic rings. The van der Waals surface area contributed by atoms with Crippen molar-refractivity contribution in [1.82, 2.24) is 0 Å². The molecular weight excluding hydrogens is 410 g/mol. The summed E-state index contributed by atoms with van der Waals surface area (Å²) < 4.78 is 33.2. The number of ether oxygens (including phenoxy) is 1. The molecule has 0 bridgehead atoms. The standard InChI is InChI=1S/C25H27NO4S/c1-19-11-14-22(15-12-19)26(31(28,29)23-8-5-4-6-9-23)25(27)10-7-17-30-24-16-13-20(2)18-21(24)3/h4-6,8-9,11-16,18H,7,10,17H2,1-3H3. The number of rotatable bonds is 8. The van der Waals surface area contributed by atoms with Crippen LogP contribution in [0.3, 0.4) is 0 Å². The lowest BCUT2D eigenvalue weighted by atomic mass is 10.1. The molecule has 0 radical (unpaired) electrons. The van der Waals surface area contributed by atoms with Crippen LogP contribution in [0.4, 0.5) is 5.69 Å². The minimum atomic E-state index is -4.02. The van der Waals surface area contributed by atoms with E-state index in [0.717, 1.165) is 26.7 Å². The number of carbonyl (C=O) groups is 1. The fourth-order valence-corrected chi connectivity index (χ4v) is 4.73. The van der Waals surface area contributed by atoms with Crippen LogP contribution in [0.15, 0.2) is 77.7 Å². The third-order valence-corrected chi connectivity index (χ3v) is 6.66. The number of hydrogen-bond acceptors (Lipinski definition) is 4. The topological polar surface area (TPSA) is 63.7 Å². The average molecular weight is 438 g/mol. The van der Waals surface area contributed by atoms with E-state index in [4.69, 9.17) is 4.74 Å². The Kier molecular flexibility index (Phi) is 7.13. The lowest BCUT2D eigenvalue weighted by molar-refractivity contribution is -0.117. The van der Waals surface area contributed by atoms with Gasteiger partial charge in [-0.15, -0.1) is 0 Å². The van der Waals surface area contributed by atoms with E-state index in [-0.39, 0.29) is 11.3 Å². The Balaban J connectivity index is 1.76. The van der Waals surface area contributed by atoms with Crippen LogP contribution in [0, 0.1) is 20.8 Å². The Hall–Kier alpha value is -3.12. The zero-order valence-corrected chi connectivity index (χ0v) is 18.9. The summed E-state index contributed by atoms with van der Waals surface area (Å²) in [7, 11) is -4.02. The van der Waals surface area contributed by atoms with Gasteiger partial charge >= 0.3 is 0 Å². The summed E-state index contributed by atoms with van der Waals surface area (Å²) in [6.07, 6.45) is 0.448. The summed E-state index contributed by atoms with van der Waals surface area (Å²) in [6, 6.07) is 20.8. The van der Waals surface area contributed by atoms with Crippen molar-refractivity contribution < 1.29 is 17.9 Å². The molecule has 162 valence electrons. The van der Waals surface area contributed by atoms with Crippen molar-refractivity contribution in [2.75, 3.05) is 10.9 Å². The lowest BCUT2D eigenvalue weighted by Crippen LogP contribution is -2.37. The molecule has 0 fully saturated rings. The number of carbonyl (C=O) groups excluding carboxylic acids is 1. The van der Waals surface area contributed by atoms with Crippen LogP contribution in [0.1, 0.15) is 29.5 Å². The molecule has 0 spiro atoms. The van der Waals surface area contributed by atoms with Crippen LogP contribution in [-0.4, -0.2) is 20.9 Å². The maximum Gasteiger partial charge on any atom is 0.270 e. The molecule has 0 N–H and O–H groups in total. The summed E-state index contributed by atoms with van der Waals surface area (Å²) in [5.74, 6) is 0.280. The van der Waals surface area contributed by atoms with E-state index >= 15 is 0 Å². The predicted molar refractivity (Wildman–Crippen MR) is 123 cm³/mol. The molecule has 1 amide bonds. The maximum atomic E-state index is 13.3. The predicted octanol–water partition coefficient (Wildman–Crippen LogP) is 5.19. The van der Waals surface area contributed by atoms with Gasteiger partial charge in [0.05, 0.1) is 17.2 Å². The first kappa shape index (κ1) is 22.6. The van der Waals surface area contributed by atoms with Crippen molar-refractivity contribution >= 4 is 21.6 Å². The van der Waals surface area contributed by atoms with Crippen molar-refractivity contribution in [3.8, 4) is 5.75 Å². The normalized spacial score (nSPS) is 11.2. The van der Waals surface area contributed by atoms with Crippen LogP contribution in [0.2, 0.25) is 0 Å². The van der Waals surface area contributed by atoms with Crippen molar-refractivity contribution in [3.05, 3.63) is 89.5 Å². The zero-order chi connectivity index (χ0) is 22.4. The largest absolute Gasteiger partial charge is 0.493 e. The highest BCUT2D eigenvalue weighted by Gasteiger charge is 2.30. The Bertz CT molecular complexity index is 1140. The highest BCUT2D eigenvalue weighted by atomic mass is 32.2. The molecule has 3 aromatic carbocycles. The second-order valence-electron chi connectivity index (χ2n) is 7.53. The summed E-state index contributed by atoms with van der Waals surface area (Å²) in [5.41, 5.74) is 3.49. The summed E-state index contributed by atoms with van der Waals surface area (Å²) in [4.78, 5) is 13.1. The Morgan fingerprint density at radius 2 is 1.52 bits per heavy atom. The van der Waals surface area contributed by atoms with Crippen molar-refractivity contribution in [2.45, 2.75) is 38.5 Å². The molecule has 5 nitrogen and oxygen atoms in total. The van der Waals surface area contributed by atoms with E-state index in [2.05, 4.69) is 0 Å². The van der Waals surface area contributed by atoms with E-state index in [1.54, 1.807) is 42.5 Å². The summed E-state index contributed by atoms with van der Waals surface area (Å²) in [5, 5.41) is 0. The average Bonchev–Trinajstić information content (AvgIpc) is 2.74. The van der Waals surface area contributed by atoms with Gasteiger partial charge in [0.25, 0.3) is 10.0 Å². The highest BCUT2D eigenvalue weighted by molar-refractivity contribution is 7.93. The first-order chi connectivity index (χ1) is 14.8. The molecule has 0 aliphatic heterocycles. The van der Waals surface area contributed by atoms with Crippen LogP contribution in [-0.2, 0) is 14.8 Å². The van der Waals surface area contributed by atoms with Crippen LogP contribution >= 0.6 is 0 Å². The number of aryl methyl sites for hydroxylation is 3. The monoisotopic (exact) mass is 437 g/mol. The van der Waals surface area contributed by atoms with Gasteiger partial charge in [-0.1, -0.05) is 53.6 Å². The number of anilines is 1. The Labute approximate surface area is 184 Å². The van der Waals surface area contributed by atoms with Gasteiger partial charge < -0.3 is 4.74 Å². The highest BCUT2D eigenvalue weighted by Crippen LogP contribution is 2.26. The molecule has 3 rings (SSSR count). The van der Waals surface area contributed by atoms with Crippen molar-refractivity contribution in [1.29, 1.82) is 0 Å². The minimum absolute atomic E-state index is 0.0465. The third kappa shape index (κ3) is 5.52. The molecular formula is C25H27NO4S. The van der Waals surface area contributed by atoms with Gasteiger partial charge in [0, 0.05) is 6.42 Å². The SMILES string of the molecule is Cc1ccc(N(C(=O)CCCOc2ccc(C)cc2C)S(=O)(=O)c2ccccc2)cc1. The molecule has 0 atom stereocenters. The van der Waals surface area contributed by atoms with E-state index < -0.39 is 15.9 Å². The third-order valence-electron chi connectivity index (χ3n) is 4.90. The van der Waals surface area contributed by atoms with Gasteiger partial charge in [-0.25, -0.2) is 12.7 Å². The number of amides is 1. The maximum absolute atomic E-state index is 13.3. The fraction of sp³-hybridized carbons (Fsp3) is 0.240. The molecule has 0 saturated heterocycles. The van der Waals surface area contributed by atoms with Gasteiger partial charge in [-0.05, 0) is 63.1 Å². The summed E-state index contributed by atoms with van der Waals surface area (Å²) >= 11 is 0. The first-order valence-electron chi connectivity index (χ1n) is 10.2. The fourth-order valence-electron chi connectivity index (χ4n) is 3.26. The van der Waals surface area contributed by atoms with E-state index in [0.29, 0.717) is 18.7 Å². The Morgan fingerprint density at radius 3 is 2.16 bits per heavy atom. The van der Waals surface area contributed by atoms with Crippen LogP contribution in [0.5, 0.6) is 5.75 Å². The van der Waals surface area contributed by atoms with Gasteiger partial charge in [0.2, 0.25) is 5.91 Å². The molecule has 6 heteroatoms. The zero-order valence-electron chi connectivity index (χ0n) is 18.0. The molecule has 31 heavy (non-hydrogen) atoms. The Morgan fingerprint density at radius 1 is 0.871 bits per heavy atom. The second-order valence-corrected chi connectivity index (χ2v) is 9.32. The van der Waals surface area contributed by atoms with E-state index in [9.17, 15) is 13.2 Å². The number of sulfonamides is 1. The number of hydrogen-bond donors (Lipinski definition) is 0. The van der Waals surface area contributed by atoms with Gasteiger partial charge in [0.15, 0.2) is 0 Å². The van der Waals surface area contributed by atoms with Gasteiger partial charge in [-0.2, -0.15) is 0 Å². The molecule has 0 aliphatic rings. The van der Waals surface area contributed by atoms with Gasteiger partial charge in [-0.3, -0.25) is 4.79 Å². The van der Waals surface area contributed by atoms with Crippen LogP contribution in [0.25, 0.3) is 0 Å². The first-order valence-corrected chi connectivity index (χ1v) is 11.6. The van der Waals surface area contributed by atoms with E-state index in [1.807, 2.05) is 39.0 Å². The number of benzene rings is 3. The molecule has 0 heterocycles. The smallest absolute Gasteiger partial charge is 0.270 e. The second kappa shape index (κ2) is 9.79. The van der Waals surface area contributed by atoms with Crippen molar-refractivity contribution in [3.63, 3.8) is 0 Å². The van der Waals surface area contributed by atoms with Crippen LogP contribution < -0.4 is 9.04 Å². The number of nitrogens with zero attached hydrogens (tertiary/aromatic N) is 1. The lowest BCUT2D eigenvalue weighted by Gasteiger charge is -2.23. The van der Waals surface area contributed by atoms with Crippen molar-refractivity contribution in [2.24, 2.45) is 0 Å². The molecule has 0 aromatic heterocycles. The van der Waals surface area contributed by atoms with Gasteiger partial charge in [0.1, 0.15) is 5.75 Å². The molecule has 0 saturated carbocycles.